The van der Waals surface area contributed by atoms with Crippen LogP contribution in [0.4, 0.5) is 11.8 Å². The first-order chi connectivity index (χ1) is 9.15. The lowest BCUT2D eigenvalue weighted by Gasteiger charge is -2.12. The van der Waals surface area contributed by atoms with Crippen LogP contribution in [0.25, 0.3) is 11.1 Å². The number of hydrogen-bond acceptors (Lipinski definition) is 6. The number of rotatable bonds is 2. The first-order valence-electron chi connectivity index (χ1n) is 5.81. The monoisotopic (exact) mass is 258 g/mol. The van der Waals surface area contributed by atoms with Gasteiger partial charge in [0.15, 0.2) is 11.5 Å². The lowest BCUT2D eigenvalue weighted by molar-refractivity contribution is 0.352. The summed E-state index contributed by atoms with van der Waals surface area (Å²) in [6.45, 7) is 0. The summed E-state index contributed by atoms with van der Waals surface area (Å²) in [4.78, 5) is 8.27. The molecule has 0 radical (unpaired) electrons. The van der Waals surface area contributed by atoms with Gasteiger partial charge in [-0.15, -0.1) is 0 Å². The van der Waals surface area contributed by atoms with Crippen LogP contribution in [-0.2, 0) is 6.42 Å². The molecule has 0 aliphatic heterocycles. The maximum Gasteiger partial charge on any atom is 0.222 e. The van der Waals surface area contributed by atoms with E-state index in [0.717, 1.165) is 22.4 Å². The Morgan fingerprint density at radius 2 is 1.89 bits per heavy atom. The number of anilines is 2. The van der Waals surface area contributed by atoms with Crippen LogP contribution in [0, 0.1) is 0 Å². The Balaban J connectivity index is 2.27. The molecule has 1 aliphatic rings. The van der Waals surface area contributed by atoms with Crippen molar-refractivity contribution in [3.63, 3.8) is 0 Å². The molecule has 0 bridgehead atoms. The van der Waals surface area contributed by atoms with Gasteiger partial charge in [-0.05, 0) is 17.7 Å². The lowest BCUT2D eigenvalue weighted by Crippen LogP contribution is -2.03. The minimum atomic E-state index is 0.190. The predicted molar refractivity (Wildman–Crippen MR) is 72.2 cm³/mol. The first kappa shape index (κ1) is 11.6. The van der Waals surface area contributed by atoms with Crippen molar-refractivity contribution in [2.24, 2.45) is 0 Å². The Labute approximate surface area is 110 Å². The van der Waals surface area contributed by atoms with Crippen molar-refractivity contribution < 1.29 is 9.47 Å². The summed E-state index contributed by atoms with van der Waals surface area (Å²) in [7, 11) is 3.23. The van der Waals surface area contributed by atoms with E-state index in [1.54, 1.807) is 14.2 Å². The zero-order valence-electron chi connectivity index (χ0n) is 10.7. The maximum absolute atomic E-state index is 5.95. The van der Waals surface area contributed by atoms with Gasteiger partial charge in [-0.1, -0.05) is 0 Å². The van der Waals surface area contributed by atoms with Crippen LogP contribution in [0.3, 0.4) is 0 Å². The standard InChI is InChI=1S/C13H14N4O2/c1-18-9-4-3-6-7(11(9)19-2)5-8-10(6)12(14)17-13(15)16-8/h3-4H,5H2,1-2H3,(H4,14,15,16,17). The molecule has 0 saturated carbocycles. The molecule has 0 unspecified atom stereocenters. The van der Waals surface area contributed by atoms with Gasteiger partial charge in [0.1, 0.15) is 5.82 Å². The second-order valence-corrected chi connectivity index (χ2v) is 4.29. The number of nitrogen functional groups attached to an aromatic ring is 2. The molecule has 1 aromatic heterocycles. The quantitative estimate of drug-likeness (QED) is 0.717. The van der Waals surface area contributed by atoms with E-state index in [0.29, 0.717) is 23.7 Å². The predicted octanol–water partition coefficient (Wildman–Crippen LogP) is 1.23. The first-order valence-corrected chi connectivity index (χ1v) is 5.81. The molecule has 1 aromatic carbocycles. The number of benzene rings is 1. The molecule has 6 heteroatoms. The number of nitrogens with zero attached hydrogens (tertiary/aromatic N) is 2. The SMILES string of the molecule is COc1ccc2c(c1OC)Cc1nc(N)nc(N)c1-2. The summed E-state index contributed by atoms with van der Waals surface area (Å²) >= 11 is 0. The molecule has 98 valence electrons. The van der Waals surface area contributed by atoms with Gasteiger partial charge in [-0.3, -0.25) is 0 Å². The smallest absolute Gasteiger partial charge is 0.222 e. The highest BCUT2D eigenvalue weighted by Gasteiger charge is 2.28. The highest BCUT2D eigenvalue weighted by atomic mass is 16.5. The number of nitrogens with two attached hydrogens (primary N) is 2. The van der Waals surface area contributed by atoms with E-state index in [1.165, 1.54) is 0 Å². The van der Waals surface area contributed by atoms with Gasteiger partial charge in [0.05, 0.1) is 19.9 Å². The minimum absolute atomic E-state index is 0.190. The van der Waals surface area contributed by atoms with E-state index in [2.05, 4.69) is 9.97 Å². The van der Waals surface area contributed by atoms with Crippen molar-refractivity contribution in [3.8, 4) is 22.6 Å². The fourth-order valence-corrected chi connectivity index (χ4v) is 2.54. The molecule has 3 rings (SSSR count). The largest absolute Gasteiger partial charge is 0.493 e. The Morgan fingerprint density at radius 3 is 2.58 bits per heavy atom. The number of hydrogen-bond donors (Lipinski definition) is 2. The molecular weight excluding hydrogens is 244 g/mol. The van der Waals surface area contributed by atoms with Crippen molar-refractivity contribution in [1.29, 1.82) is 0 Å². The highest BCUT2D eigenvalue weighted by molar-refractivity contribution is 5.86. The van der Waals surface area contributed by atoms with Crippen molar-refractivity contribution >= 4 is 11.8 Å². The van der Waals surface area contributed by atoms with E-state index >= 15 is 0 Å². The van der Waals surface area contributed by atoms with Crippen LogP contribution < -0.4 is 20.9 Å². The van der Waals surface area contributed by atoms with E-state index in [-0.39, 0.29) is 5.95 Å². The summed E-state index contributed by atoms with van der Waals surface area (Å²) < 4.78 is 10.7. The Morgan fingerprint density at radius 1 is 1.11 bits per heavy atom. The van der Waals surface area contributed by atoms with Gasteiger partial charge in [-0.25, -0.2) is 4.98 Å². The number of fused-ring (bicyclic) bond motifs is 3. The molecule has 6 nitrogen and oxygen atoms in total. The van der Waals surface area contributed by atoms with Crippen molar-refractivity contribution in [1.82, 2.24) is 9.97 Å². The van der Waals surface area contributed by atoms with Crippen LogP contribution in [0.5, 0.6) is 11.5 Å². The molecule has 0 atom stereocenters. The molecule has 0 fully saturated rings. The Kier molecular flexibility index (Phi) is 2.45. The number of methoxy groups -OCH3 is 2. The minimum Gasteiger partial charge on any atom is -0.493 e. The molecule has 1 aliphatic carbocycles. The van der Waals surface area contributed by atoms with E-state index in [1.807, 2.05) is 12.1 Å². The van der Waals surface area contributed by atoms with Gasteiger partial charge in [0, 0.05) is 17.5 Å². The fourth-order valence-electron chi connectivity index (χ4n) is 2.54. The number of ether oxygens (including phenoxy) is 2. The molecule has 1 heterocycles. The van der Waals surface area contributed by atoms with Gasteiger partial charge in [-0.2, -0.15) is 4.98 Å². The lowest BCUT2D eigenvalue weighted by atomic mass is 10.1. The molecule has 2 aromatic rings. The average molecular weight is 258 g/mol. The van der Waals surface area contributed by atoms with E-state index in [9.17, 15) is 0 Å². The molecular formula is C13H14N4O2. The normalized spacial score (nSPS) is 11.9. The summed E-state index contributed by atoms with van der Waals surface area (Å²) in [5.74, 6) is 1.98. The van der Waals surface area contributed by atoms with E-state index < -0.39 is 0 Å². The van der Waals surface area contributed by atoms with Gasteiger partial charge < -0.3 is 20.9 Å². The van der Waals surface area contributed by atoms with Gasteiger partial charge >= 0.3 is 0 Å². The number of aromatic nitrogens is 2. The second kappa shape index (κ2) is 4.01. The Hall–Kier alpha value is -2.50. The average Bonchev–Trinajstić information content (AvgIpc) is 2.75. The third kappa shape index (κ3) is 1.56. The van der Waals surface area contributed by atoms with Gasteiger partial charge in [0.2, 0.25) is 5.95 Å². The molecule has 0 amide bonds. The van der Waals surface area contributed by atoms with Crippen LogP contribution in [0.15, 0.2) is 12.1 Å². The van der Waals surface area contributed by atoms with Crippen molar-refractivity contribution in [2.75, 3.05) is 25.7 Å². The maximum atomic E-state index is 5.95. The van der Waals surface area contributed by atoms with Crippen LogP contribution in [0.1, 0.15) is 11.3 Å². The summed E-state index contributed by atoms with van der Waals surface area (Å²) in [5.41, 5.74) is 15.2. The molecule has 4 N–H and O–H groups in total. The van der Waals surface area contributed by atoms with Crippen LogP contribution >= 0.6 is 0 Å². The molecule has 0 spiro atoms. The second-order valence-electron chi connectivity index (χ2n) is 4.29. The summed E-state index contributed by atoms with van der Waals surface area (Å²) in [6, 6.07) is 3.79. The van der Waals surface area contributed by atoms with Crippen molar-refractivity contribution in [3.05, 3.63) is 23.4 Å². The van der Waals surface area contributed by atoms with Crippen LogP contribution in [0.2, 0.25) is 0 Å². The van der Waals surface area contributed by atoms with Gasteiger partial charge in [0.25, 0.3) is 0 Å². The summed E-state index contributed by atoms with van der Waals surface area (Å²) in [5, 5.41) is 0. The Bertz CT molecular complexity index is 670. The zero-order valence-corrected chi connectivity index (χ0v) is 10.7. The zero-order chi connectivity index (χ0) is 13.6. The fraction of sp³-hybridized carbons (Fsp3) is 0.231. The van der Waals surface area contributed by atoms with Crippen LogP contribution in [-0.4, -0.2) is 24.2 Å². The molecule has 0 saturated heterocycles. The summed E-state index contributed by atoms with van der Waals surface area (Å²) in [6.07, 6.45) is 0.613. The van der Waals surface area contributed by atoms with E-state index in [4.69, 9.17) is 20.9 Å². The molecule has 19 heavy (non-hydrogen) atoms. The topological polar surface area (TPSA) is 96.3 Å². The third-order valence-corrected chi connectivity index (χ3v) is 3.29. The highest BCUT2D eigenvalue weighted by Crippen LogP contribution is 2.46. The third-order valence-electron chi connectivity index (χ3n) is 3.29. The van der Waals surface area contributed by atoms with Crippen molar-refractivity contribution in [2.45, 2.75) is 6.42 Å².